The van der Waals surface area contributed by atoms with E-state index >= 15 is 0 Å². The van der Waals surface area contributed by atoms with Crippen LogP contribution < -0.4 is 0 Å². The molecule has 3 heteroatoms. The third-order valence-corrected chi connectivity index (χ3v) is 2.64. The minimum Gasteiger partial charge on any atom is -0.467 e. The molecule has 0 unspecified atom stereocenters. The van der Waals surface area contributed by atoms with E-state index in [4.69, 9.17) is 4.42 Å². The molecule has 0 saturated heterocycles. The largest absolute Gasteiger partial charge is 0.467 e. The first-order chi connectivity index (χ1) is 10.6. The molecule has 0 amide bonds. The zero-order valence-corrected chi connectivity index (χ0v) is 14.6. The van der Waals surface area contributed by atoms with Crippen molar-refractivity contribution in [1.82, 2.24) is 9.55 Å². The summed E-state index contributed by atoms with van der Waals surface area (Å²) >= 11 is 0. The lowest BCUT2D eigenvalue weighted by Crippen LogP contribution is -1.84. The van der Waals surface area contributed by atoms with Crippen LogP contribution in [-0.4, -0.2) is 9.55 Å². The molecule has 0 fully saturated rings. The first-order valence-electron chi connectivity index (χ1n) is 7.55. The van der Waals surface area contributed by atoms with Crippen LogP contribution in [0.25, 0.3) is 0 Å². The molecule has 0 atom stereocenters. The number of hydrogen-bond acceptors (Lipinski definition) is 2. The van der Waals surface area contributed by atoms with Gasteiger partial charge in [0.2, 0.25) is 0 Å². The van der Waals surface area contributed by atoms with Gasteiger partial charge in [0.1, 0.15) is 11.5 Å². The lowest BCUT2D eigenvalue weighted by molar-refractivity contribution is 0.504. The fourth-order valence-corrected chi connectivity index (χ4v) is 1.42. The molecule has 120 valence electrons. The SMILES string of the molecule is CC.Cc1ccc(C)o1.Cc1cccn1C.c1ccncc1. The van der Waals surface area contributed by atoms with Crippen LogP contribution in [0.5, 0.6) is 0 Å². The molecule has 0 N–H and O–H groups in total. The maximum atomic E-state index is 5.08. The highest BCUT2D eigenvalue weighted by molar-refractivity contribution is 5.03. The third-order valence-electron chi connectivity index (χ3n) is 2.64. The topological polar surface area (TPSA) is 31.0 Å². The first kappa shape index (κ1) is 19.7. The lowest BCUT2D eigenvalue weighted by Gasteiger charge is -1.89. The summed E-state index contributed by atoms with van der Waals surface area (Å²) in [6.45, 7) is 9.96. The molecule has 3 aromatic rings. The Morgan fingerprint density at radius 2 is 1.36 bits per heavy atom. The van der Waals surface area contributed by atoms with Crippen LogP contribution in [0.4, 0.5) is 0 Å². The number of rotatable bonds is 0. The Hall–Kier alpha value is -2.29. The lowest BCUT2D eigenvalue weighted by atomic mass is 10.5. The van der Waals surface area contributed by atoms with Crippen LogP contribution in [0.2, 0.25) is 0 Å². The molecule has 0 aromatic carbocycles. The molecule has 0 saturated carbocycles. The minimum absolute atomic E-state index is 0.984. The Morgan fingerprint density at radius 1 is 0.818 bits per heavy atom. The van der Waals surface area contributed by atoms with Crippen molar-refractivity contribution >= 4 is 0 Å². The predicted octanol–water partition coefficient (Wildman–Crippen LogP) is 5.34. The number of hydrogen-bond donors (Lipinski definition) is 0. The molecule has 0 bridgehead atoms. The van der Waals surface area contributed by atoms with Crippen LogP contribution >= 0.6 is 0 Å². The van der Waals surface area contributed by atoms with E-state index in [1.165, 1.54) is 5.69 Å². The van der Waals surface area contributed by atoms with Crippen LogP contribution in [0.3, 0.4) is 0 Å². The van der Waals surface area contributed by atoms with Gasteiger partial charge in [-0.15, -0.1) is 0 Å². The number of aromatic nitrogens is 2. The maximum Gasteiger partial charge on any atom is 0.101 e. The van der Waals surface area contributed by atoms with Crippen molar-refractivity contribution in [2.75, 3.05) is 0 Å². The summed E-state index contributed by atoms with van der Waals surface area (Å²) in [6.07, 6.45) is 5.54. The van der Waals surface area contributed by atoms with E-state index < -0.39 is 0 Å². The molecular weight excluding hydrogens is 272 g/mol. The summed E-state index contributed by atoms with van der Waals surface area (Å²) in [5, 5.41) is 0. The highest BCUT2D eigenvalue weighted by atomic mass is 16.3. The van der Waals surface area contributed by atoms with E-state index in [1.807, 2.05) is 77.3 Å². The van der Waals surface area contributed by atoms with Gasteiger partial charge < -0.3 is 8.98 Å². The molecule has 0 aliphatic rings. The van der Waals surface area contributed by atoms with Gasteiger partial charge in [0, 0.05) is 31.3 Å². The molecule has 3 heterocycles. The summed E-state index contributed by atoms with van der Waals surface area (Å²) in [5.74, 6) is 1.97. The standard InChI is InChI=1S/C6H9N.C6H8O.C5H5N.C2H6/c1-6-4-3-5-7(6)2;1-5-3-4-6(2)7-5;1-2-4-6-5-3-1;1-2/h3-5H,1-2H3;3-4H,1-2H3;1-5H;1-2H3. The number of furan rings is 1. The second-order valence-electron chi connectivity index (χ2n) is 4.44. The van der Waals surface area contributed by atoms with E-state index in [-0.39, 0.29) is 0 Å². The van der Waals surface area contributed by atoms with Gasteiger partial charge in [-0.2, -0.15) is 0 Å². The highest BCUT2D eigenvalue weighted by Gasteiger charge is 1.85. The van der Waals surface area contributed by atoms with Crippen molar-refractivity contribution in [2.45, 2.75) is 34.6 Å². The highest BCUT2D eigenvalue weighted by Crippen LogP contribution is 2.02. The van der Waals surface area contributed by atoms with Gasteiger partial charge >= 0.3 is 0 Å². The molecular formula is C19H28N2O. The zero-order chi connectivity index (χ0) is 16.8. The molecule has 3 nitrogen and oxygen atoms in total. The number of pyridine rings is 1. The normalized spacial score (nSPS) is 8.45. The summed E-state index contributed by atoms with van der Waals surface area (Å²) in [4.78, 5) is 3.78. The fourth-order valence-electron chi connectivity index (χ4n) is 1.42. The second-order valence-corrected chi connectivity index (χ2v) is 4.44. The first-order valence-corrected chi connectivity index (χ1v) is 7.55. The average molecular weight is 300 g/mol. The van der Waals surface area contributed by atoms with Crippen molar-refractivity contribution in [3.8, 4) is 0 Å². The van der Waals surface area contributed by atoms with E-state index in [0.29, 0.717) is 0 Å². The van der Waals surface area contributed by atoms with Gasteiger partial charge in [0.25, 0.3) is 0 Å². The Morgan fingerprint density at radius 3 is 1.50 bits per heavy atom. The molecule has 0 aliphatic carbocycles. The van der Waals surface area contributed by atoms with Gasteiger partial charge in [-0.3, -0.25) is 4.98 Å². The summed E-state index contributed by atoms with van der Waals surface area (Å²) in [6, 6.07) is 13.7. The molecule has 3 rings (SSSR count). The molecule has 0 spiro atoms. The third kappa shape index (κ3) is 9.59. The van der Waals surface area contributed by atoms with Crippen molar-refractivity contribution in [2.24, 2.45) is 7.05 Å². The van der Waals surface area contributed by atoms with E-state index in [0.717, 1.165) is 11.5 Å². The summed E-state index contributed by atoms with van der Waals surface area (Å²) in [5.41, 5.74) is 1.31. The van der Waals surface area contributed by atoms with Crippen molar-refractivity contribution in [3.63, 3.8) is 0 Å². The average Bonchev–Trinajstić information content (AvgIpc) is 3.12. The molecule has 22 heavy (non-hydrogen) atoms. The van der Waals surface area contributed by atoms with Crippen LogP contribution in [0, 0.1) is 20.8 Å². The van der Waals surface area contributed by atoms with Gasteiger partial charge in [0.15, 0.2) is 0 Å². The fraction of sp³-hybridized carbons (Fsp3) is 0.316. The van der Waals surface area contributed by atoms with Gasteiger partial charge in [-0.05, 0) is 57.2 Å². The quantitative estimate of drug-likeness (QED) is 0.561. The zero-order valence-electron chi connectivity index (χ0n) is 14.6. The van der Waals surface area contributed by atoms with Crippen LogP contribution in [0.1, 0.15) is 31.1 Å². The number of nitrogens with zero attached hydrogens (tertiary/aromatic N) is 2. The predicted molar refractivity (Wildman–Crippen MR) is 93.9 cm³/mol. The van der Waals surface area contributed by atoms with E-state index in [2.05, 4.69) is 22.5 Å². The monoisotopic (exact) mass is 300 g/mol. The Kier molecular flexibility index (Phi) is 11.2. The van der Waals surface area contributed by atoms with Crippen LogP contribution in [-0.2, 0) is 7.05 Å². The summed E-state index contributed by atoms with van der Waals surface area (Å²) in [7, 11) is 2.04. The molecule has 3 aromatic heterocycles. The van der Waals surface area contributed by atoms with Gasteiger partial charge in [0.05, 0.1) is 0 Å². The van der Waals surface area contributed by atoms with E-state index in [9.17, 15) is 0 Å². The van der Waals surface area contributed by atoms with Crippen molar-refractivity contribution in [3.05, 3.63) is 78.3 Å². The smallest absolute Gasteiger partial charge is 0.101 e. The molecule has 0 aliphatic heterocycles. The second kappa shape index (κ2) is 12.5. The molecule has 0 radical (unpaired) electrons. The van der Waals surface area contributed by atoms with Crippen molar-refractivity contribution in [1.29, 1.82) is 0 Å². The number of aryl methyl sites for hydroxylation is 4. The Labute approximate surface area is 134 Å². The summed E-state index contributed by atoms with van der Waals surface area (Å²) < 4.78 is 7.17. The van der Waals surface area contributed by atoms with Gasteiger partial charge in [-0.1, -0.05) is 19.9 Å². The Bertz CT molecular complexity index is 523. The van der Waals surface area contributed by atoms with E-state index in [1.54, 1.807) is 12.4 Å². The van der Waals surface area contributed by atoms with Gasteiger partial charge in [-0.25, -0.2) is 0 Å². The Balaban J connectivity index is 0.000000285. The van der Waals surface area contributed by atoms with Crippen molar-refractivity contribution < 1.29 is 4.42 Å². The maximum absolute atomic E-state index is 5.08. The van der Waals surface area contributed by atoms with Crippen LogP contribution in [0.15, 0.2) is 65.5 Å². The minimum atomic E-state index is 0.984.